The van der Waals surface area contributed by atoms with Gasteiger partial charge in [0, 0.05) is 0 Å². The summed E-state index contributed by atoms with van der Waals surface area (Å²) >= 11 is 0. The van der Waals surface area contributed by atoms with Crippen LogP contribution in [0.1, 0.15) is 79.6 Å². The molecular weight excluding hydrogens is 531 g/mol. The Morgan fingerprint density at radius 3 is 2.23 bits per heavy atom. The van der Waals surface area contributed by atoms with Crippen LogP contribution in [0.3, 0.4) is 0 Å². The monoisotopic (exact) mass is 578 g/mol. The van der Waals surface area contributed by atoms with Crippen molar-refractivity contribution in [2.24, 2.45) is 17.4 Å². The summed E-state index contributed by atoms with van der Waals surface area (Å²) in [6, 6.07) is -2.87. The van der Waals surface area contributed by atoms with Crippen LogP contribution < -0.4 is 73.5 Å². The van der Waals surface area contributed by atoms with Crippen LogP contribution in [0, 0.1) is 5.92 Å². The first-order valence-corrected chi connectivity index (χ1v) is 13.3. The van der Waals surface area contributed by atoms with Crippen molar-refractivity contribution < 1.29 is 85.1 Å². The van der Waals surface area contributed by atoms with E-state index in [9.17, 15) is 19.2 Å². The van der Waals surface area contributed by atoms with Crippen molar-refractivity contribution in [1.82, 2.24) is 10.6 Å². The molecule has 1 fully saturated rings. The smallest absolute Gasteiger partial charge is 0.520 e. The van der Waals surface area contributed by atoms with Gasteiger partial charge in [0.05, 0.1) is 24.9 Å². The average Bonchev–Trinajstić information content (AvgIpc) is 2.90. The van der Waals surface area contributed by atoms with Crippen molar-refractivity contribution >= 4 is 24.3 Å². The minimum atomic E-state index is -1.17. The van der Waals surface area contributed by atoms with E-state index in [1.165, 1.54) is 38.5 Å². The number of ether oxygens (including phenoxy) is 2. The molecule has 7 N–H and O–H groups in total. The van der Waals surface area contributed by atoms with Gasteiger partial charge < -0.3 is 41.5 Å². The maximum absolute atomic E-state index is 11.3. The number of nitrogens with one attached hydrogen (secondary N) is 2. The first-order valence-electron chi connectivity index (χ1n) is 13.3. The van der Waals surface area contributed by atoms with E-state index < -0.39 is 41.7 Å². The maximum Gasteiger partial charge on any atom is 1.00 e. The number of primary amides is 2. The predicted molar refractivity (Wildman–Crippen MR) is 146 cm³/mol. The number of aliphatic carboxylic acids is 1. The van der Waals surface area contributed by atoms with Gasteiger partial charge >= 0.3 is 63.4 Å². The average molecular weight is 579 g/mol. The molecule has 12 heteroatoms. The van der Waals surface area contributed by atoms with Gasteiger partial charge in [-0.1, -0.05) is 51.3 Å². The zero-order chi connectivity index (χ0) is 29.1. The molecule has 0 heterocycles. The largest absolute Gasteiger partial charge is 1.00 e. The van der Waals surface area contributed by atoms with Crippen LogP contribution >= 0.6 is 0 Å². The fraction of sp³-hybridized carbons (Fsp3) is 0.704. The van der Waals surface area contributed by atoms with Crippen molar-refractivity contribution in [3.63, 3.8) is 0 Å². The summed E-state index contributed by atoms with van der Waals surface area (Å²) < 4.78 is 11.2. The zero-order valence-electron chi connectivity index (χ0n) is 24.5. The molecule has 0 bridgehead atoms. The Labute approximate surface area is 275 Å². The Bertz CT molecular complexity index is 799. The van der Waals surface area contributed by atoms with Gasteiger partial charge in [0.15, 0.2) is 6.04 Å². The van der Waals surface area contributed by atoms with Crippen LogP contribution in [-0.2, 0) is 23.9 Å². The summed E-state index contributed by atoms with van der Waals surface area (Å²) in [6.07, 6.45) is 15.0. The maximum atomic E-state index is 11.3. The molecule has 0 aromatic carbocycles. The summed E-state index contributed by atoms with van der Waals surface area (Å²) in [5.41, 5.74) is 10.4. The molecule has 0 radical (unpaired) electrons. The number of carboxylic acid groups (broad SMARTS) is 1. The van der Waals surface area contributed by atoms with Gasteiger partial charge in [-0.25, -0.2) is 9.59 Å². The number of hydrogen-bond donors (Lipinski definition) is 5. The third kappa shape index (κ3) is 17.2. The SMILES string of the molecule is CC.CC(C)(OCC1CCCCC1)C(N[C-]=O)C(N)=O.CC(OCC1=CCCC=C1)C(NC(N)=O)C(=O)O.[K+]. The van der Waals surface area contributed by atoms with Gasteiger partial charge in [0.25, 0.3) is 0 Å². The van der Waals surface area contributed by atoms with Crippen LogP contribution in [0.2, 0.25) is 0 Å². The van der Waals surface area contributed by atoms with E-state index in [2.05, 4.69) is 10.6 Å². The van der Waals surface area contributed by atoms with Gasteiger partial charge in [0.1, 0.15) is 6.04 Å². The molecule has 2 rings (SSSR count). The van der Waals surface area contributed by atoms with Crippen molar-refractivity contribution in [2.45, 2.75) is 103 Å². The van der Waals surface area contributed by atoms with Crippen LogP contribution in [0.4, 0.5) is 4.79 Å². The molecule has 2 aliphatic carbocycles. The van der Waals surface area contributed by atoms with Gasteiger partial charge in [-0.05, 0) is 57.9 Å². The number of hydrogen-bond acceptors (Lipinski definition) is 6. The van der Waals surface area contributed by atoms with Gasteiger partial charge in [-0.3, -0.25) is 4.79 Å². The van der Waals surface area contributed by atoms with Crippen LogP contribution in [0.25, 0.3) is 0 Å². The Morgan fingerprint density at radius 1 is 1.15 bits per heavy atom. The standard InChI is InChI=1S/C13H23N2O3.C12H18N2O4.C2H6.K/c1-13(2,11(12(14)17)15-9-16)18-8-10-6-4-3-5-7-10;1-8(10(11(15)16)14-12(13)17)18-7-9-5-3-2-4-6-9;1-2;/h10-11H,3-8H2,1-2H3,(H2,14,17)(H,15,16);3,5-6,8,10H,2,4,7H2,1H3,(H,15,16)(H3,13,14,17);1-2H3;/q-1;;;+1. The molecule has 11 nitrogen and oxygen atoms in total. The molecule has 0 aliphatic heterocycles. The number of carboxylic acids is 1. The molecule has 0 aromatic heterocycles. The van der Waals surface area contributed by atoms with E-state index in [0.29, 0.717) is 19.1 Å². The summed E-state index contributed by atoms with van der Waals surface area (Å²) in [4.78, 5) is 43.3. The normalized spacial score (nSPS) is 17.2. The number of carbonyl (C=O) groups is 3. The van der Waals surface area contributed by atoms with E-state index in [4.69, 9.17) is 26.0 Å². The second-order valence-electron chi connectivity index (χ2n) is 9.60. The van der Waals surface area contributed by atoms with E-state index >= 15 is 0 Å². The van der Waals surface area contributed by atoms with E-state index in [1.807, 2.05) is 32.1 Å². The number of amides is 4. The summed E-state index contributed by atoms with van der Waals surface area (Å²) in [7, 11) is 0. The number of urea groups is 1. The molecule has 0 spiro atoms. The van der Waals surface area contributed by atoms with E-state index in [1.54, 1.807) is 20.8 Å². The van der Waals surface area contributed by atoms with Crippen molar-refractivity contribution in [3.8, 4) is 0 Å². The Balaban J connectivity index is 0. The molecular formula is C27H47KN4O7. The van der Waals surface area contributed by atoms with Crippen molar-refractivity contribution in [3.05, 3.63) is 23.8 Å². The molecule has 2 aliphatic rings. The predicted octanol–water partition coefficient (Wildman–Crippen LogP) is -0.308. The fourth-order valence-corrected chi connectivity index (χ4v) is 4.05. The second-order valence-corrected chi connectivity index (χ2v) is 9.60. The molecule has 218 valence electrons. The minimum Gasteiger partial charge on any atom is -0.520 e. The van der Waals surface area contributed by atoms with Gasteiger partial charge in [-0.15, -0.1) is 0 Å². The first-order chi connectivity index (χ1) is 18.0. The molecule has 0 aromatic rings. The number of rotatable bonds is 13. The first kappa shape index (κ1) is 39.9. The van der Waals surface area contributed by atoms with Gasteiger partial charge in [0.2, 0.25) is 5.91 Å². The quantitative estimate of drug-likeness (QED) is 0.113. The summed E-state index contributed by atoms with van der Waals surface area (Å²) in [6.45, 7) is 10.0. The van der Waals surface area contributed by atoms with Crippen molar-refractivity contribution in [2.75, 3.05) is 13.2 Å². The van der Waals surface area contributed by atoms with Crippen molar-refractivity contribution in [1.29, 1.82) is 0 Å². The van der Waals surface area contributed by atoms with E-state index in [0.717, 1.165) is 18.4 Å². The molecule has 0 saturated heterocycles. The fourth-order valence-electron chi connectivity index (χ4n) is 4.05. The molecule has 4 amide bonds. The van der Waals surface area contributed by atoms with E-state index in [-0.39, 0.29) is 51.4 Å². The second kappa shape index (κ2) is 22.4. The number of nitrogens with two attached hydrogens (primary N) is 2. The zero-order valence-corrected chi connectivity index (χ0v) is 27.6. The summed E-state index contributed by atoms with van der Waals surface area (Å²) in [5, 5.41) is 13.4. The molecule has 3 unspecified atom stereocenters. The van der Waals surface area contributed by atoms with Crippen LogP contribution in [-0.4, -0.2) is 66.4 Å². The third-order valence-electron chi connectivity index (χ3n) is 6.22. The Kier molecular flexibility index (Phi) is 22.9. The molecule has 1 saturated carbocycles. The molecule has 3 atom stereocenters. The number of carbonyl (C=O) groups excluding carboxylic acids is 3. The topological polar surface area (TPSA) is 183 Å². The Morgan fingerprint density at radius 2 is 1.77 bits per heavy atom. The molecule has 39 heavy (non-hydrogen) atoms. The number of allylic oxidation sites excluding steroid dienone is 2. The van der Waals surface area contributed by atoms with Gasteiger partial charge in [-0.2, -0.15) is 6.41 Å². The third-order valence-corrected chi connectivity index (χ3v) is 6.22. The van der Waals surface area contributed by atoms with Crippen LogP contribution in [0.15, 0.2) is 23.8 Å². The Hall–Kier alpha value is -1.28. The summed E-state index contributed by atoms with van der Waals surface area (Å²) in [5.74, 6) is -1.23. The van der Waals surface area contributed by atoms with Crippen LogP contribution in [0.5, 0.6) is 0 Å². The minimum absolute atomic E-state index is 0.